The quantitative estimate of drug-likeness (QED) is 0.334. The van der Waals surface area contributed by atoms with Crippen molar-refractivity contribution in [2.75, 3.05) is 32.8 Å². The maximum absolute atomic E-state index is 12.6. The molecule has 9 heteroatoms. The van der Waals surface area contributed by atoms with Crippen molar-refractivity contribution in [2.45, 2.75) is 95.5 Å². The first kappa shape index (κ1) is 27.5. The Labute approximate surface area is 231 Å². The van der Waals surface area contributed by atoms with E-state index in [0.29, 0.717) is 31.8 Å². The number of carbonyl (C=O) groups is 2. The summed E-state index contributed by atoms with van der Waals surface area (Å²) in [5.41, 5.74) is -0.684. The molecule has 5 fully saturated rings. The van der Waals surface area contributed by atoms with E-state index in [1.54, 1.807) is 6.08 Å². The van der Waals surface area contributed by atoms with Gasteiger partial charge in [-0.25, -0.2) is 9.59 Å². The van der Waals surface area contributed by atoms with Gasteiger partial charge in [0.05, 0.1) is 17.8 Å². The minimum Gasteiger partial charge on any atom is -0.458 e. The summed E-state index contributed by atoms with van der Waals surface area (Å²) in [5, 5.41) is 40.0. The molecule has 10 atom stereocenters. The van der Waals surface area contributed by atoms with E-state index < -0.39 is 17.1 Å². The minimum absolute atomic E-state index is 0.0238. The second-order valence-corrected chi connectivity index (χ2v) is 14.0. The molecule has 4 saturated carbocycles. The zero-order valence-electron chi connectivity index (χ0n) is 23.5. The fourth-order valence-electron chi connectivity index (χ4n) is 10.1. The highest BCUT2D eigenvalue weighted by molar-refractivity contribution is 5.85. The van der Waals surface area contributed by atoms with Crippen molar-refractivity contribution in [2.24, 2.45) is 34.5 Å². The number of nitrogens with one attached hydrogen (secondary N) is 2. The number of aliphatic hydroxyl groups is 3. The monoisotopic (exact) mass is 545 g/mol. The van der Waals surface area contributed by atoms with Crippen LogP contribution in [0.15, 0.2) is 11.6 Å². The molecule has 0 aromatic heterocycles. The molecule has 0 bridgehead atoms. The number of nitrogens with zero attached hydrogens (tertiary/aromatic N) is 1. The van der Waals surface area contributed by atoms with Crippen molar-refractivity contribution in [3.63, 3.8) is 0 Å². The van der Waals surface area contributed by atoms with E-state index in [1.807, 2.05) is 0 Å². The predicted molar refractivity (Wildman–Crippen MR) is 144 cm³/mol. The molecule has 0 aromatic carbocycles. The van der Waals surface area contributed by atoms with Gasteiger partial charge in [-0.05, 0) is 92.4 Å². The van der Waals surface area contributed by atoms with Gasteiger partial charge < -0.3 is 30.7 Å². The van der Waals surface area contributed by atoms with E-state index in [9.17, 15) is 24.9 Å². The Morgan fingerprint density at radius 2 is 1.92 bits per heavy atom. The first-order valence-corrected chi connectivity index (χ1v) is 15.3. The molecule has 4 aliphatic carbocycles. The second kappa shape index (κ2) is 10.00. The van der Waals surface area contributed by atoms with Crippen LogP contribution in [0.3, 0.4) is 0 Å². The predicted octanol–water partition coefficient (Wildman–Crippen LogP) is 1.95. The molecule has 6 aliphatic rings. The zero-order valence-corrected chi connectivity index (χ0v) is 23.5. The highest BCUT2D eigenvalue weighted by atomic mass is 16.5. The molecule has 6 rings (SSSR count). The lowest BCUT2D eigenvalue weighted by atomic mass is 9.42. The van der Waals surface area contributed by atoms with Crippen LogP contribution in [0.2, 0.25) is 0 Å². The number of cyclic esters (lactones) is 1. The highest BCUT2D eigenvalue weighted by Crippen LogP contribution is 2.69. The molecule has 2 amide bonds. The standard InChI is InChI=1S/C30H47N3O6/c1-28-8-5-20(32-27(37)31-10-12-33-11-7-21(34)16-33)14-19(28)3-4-23-24(28)15-25(35)29(2)22(6-9-30(23,29)38)18-13-26(36)39-17-18/h13,19-25,34-35,38H,3-12,14-17H2,1-2H3,(H2,31,32,37)/t19-,20+,21+,22-,23-,24+,25-,28+,29+,30+/m1/s1. The number of esters is 1. The van der Waals surface area contributed by atoms with Gasteiger partial charge in [-0.2, -0.15) is 0 Å². The van der Waals surface area contributed by atoms with Crippen LogP contribution in [0.5, 0.6) is 0 Å². The van der Waals surface area contributed by atoms with Crippen LogP contribution in [0, 0.1) is 34.5 Å². The molecule has 0 unspecified atom stereocenters. The Morgan fingerprint density at radius 1 is 1.10 bits per heavy atom. The molecular weight excluding hydrogens is 498 g/mol. The Bertz CT molecular complexity index is 1020. The first-order chi connectivity index (χ1) is 18.5. The van der Waals surface area contributed by atoms with Crippen LogP contribution >= 0.6 is 0 Å². The van der Waals surface area contributed by atoms with Gasteiger partial charge in [-0.1, -0.05) is 13.8 Å². The number of hydrogen-bond acceptors (Lipinski definition) is 7. The molecule has 218 valence electrons. The number of rotatable bonds is 5. The minimum atomic E-state index is -0.958. The maximum Gasteiger partial charge on any atom is 0.331 e. The van der Waals surface area contributed by atoms with E-state index in [4.69, 9.17) is 4.74 Å². The molecule has 2 heterocycles. The van der Waals surface area contributed by atoms with Crippen molar-refractivity contribution in [1.82, 2.24) is 15.5 Å². The Balaban J connectivity index is 1.09. The summed E-state index contributed by atoms with van der Waals surface area (Å²) in [4.78, 5) is 26.6. The van der Waals surface area contributed by atoms with Crippen molar-refractivity contribution < 1.29 is 29.6 Å². The van der Waals surface area contributed by atoms with Gasteiger partial charge in [0.2, 0.25) is 0 Å². The van der Waals surface area contributed by atoms with Gasteiger partial charge in [-0.3, -0.25) is 4.90 Å². The lowest BCUT2D eigenvalue weighted by Gasteiger charge is -2.65. The van der Waals surface area contributed by atoms with Crippen LogP contribution < -0.4 is 10.6 Å². The van der Waals surface area contributed by atoms with Gasteiger partial charge in [-0.15, -0.1) is 0 Å². The maximum atomic E-state index is 12.6. The Kier molecular flexibility index (Phi) is 7.05. The van der Waals surface area contributed by atoms with E-state index in [0.717, 1.165) is 63.6 Å². The van der Waals surface area contributed by atoms with Crippen molar-refractivity contribution in [3.8, 4) is 0 Å². The normalized spacial score (nSPS) is 47.6. The van der Waals surface area contributed by atoms with Gasteiger partial charge in [0.25, 0.3) is 0 Å². The van der Waals surface area contributed by atoms with Gasteiger partial charge >= 0.3 is 12.0 Å². The molecule has 0 spiro atoms. The van der Waals surface area contributed by atoms with Gasteiger partial charge in [0, 0.05) is 43.7 Å². The summed E-state index contributed by atoms with van der Waals surface area (Å²) < 4.78 is 5.21. The molecule has 1 saturated heterocycles. The van der Waals surface area contributed by atoms with Crippen molar-refractivity contribution in [1.29, 1.82) is 0 Å². The molecule has 9 nitrogen and oxygen atoms in total. The fraction of sp³-hybridized carbons (Fsp3) is 0.867. The molecule has 5 N–H and O–H groups in total. The molecule has 0 radical (unpaired) electrons. The number of carbonyl (C=O) groups excluding carboxylic acids is 2. The number of amides is 2. The van der Waals surface area contributed by atoms with Gasteiger partial charge in [0.1, 0.15) is 6.61 Å². The third-order valence-corrected chi connectivity index (χ3v) is 12.4. The molecule has 0 aromatic rings. The average molecular weight is 546 g/mol. The number of β-amino-alcohol motifs (C(OH)–C–C–N with tert-alkyl or cyclic N) is 1. The van der Waals surface area contributed by atoms with Crippen molar-refractivity contribution in [3.05, 3.63) is 11.6 Å². The fourth-order valence-corrected chi connectivity index (χ4v) is 10.1. The summed E-state index contributed by atoms with van der Waals surface area (Å²) >= 11 is 0. The first-order valence-electron chi connectivity index (χ1n) is 15.3. The summed E-state index contributed by atoms with van der Waals surface area (Å²) in [5.74, 6) is 0.469. The summed E-state index contributed by atoms with van der Waals surface area (Å²) in [6.45, 7) is 7.59. The van der Waals surface area contributed by atoms with Crippen LogP contribution in [0.1, 0.15) is 71.6 Å². The molecular formula is C30H47N3O6. The van der Waals surface area contributed by atoms with Gasteiger partial charge in [0.15, 0.2) is 0 Å². The smallest absolute Gasteiger partial charge is 0.331 e. The topological polar surface area (TPSA) is 131 Å². The molecule has 2 aliphatic heterocycles. The lowest BCUT2D eigenvalue weighted by Crippen LogP contribution is -2.67. The zero-order chi connectivity index (χ0) is 27.6. The van der Waals surface area contributed by atoms with E-state index in [-0.39, 0.29) is 53.9 Å². The Morgan fingerprint density at radius 3 is 2.64 bits per heavy atom. The third-order valence-electron chi connectivity index (χ3n) is 12.4. The summed E-state index contributed by atoms with van der Waals surface area (Å²) in [6, 6.07) is 0.0219. The third kappa shape index (κ3) is 4.43. The van der Waals surface area contributed by atoms with Crippen molar-refractivity contribution >= 4 is 12.0 Å². The SMILES string of the molecule is C[C@]12CC[C@H](NC(=O)NCCN3CC[C@H](O)C3)C[C@H]1CC[C@@H]1[C@@H]2C[C@@H](O)[C@]2(C)[C@@H](C3=CC(=O)OC3)CC[C@]12O. The van der Waals surface area contributed by atoms with Crippen LogP contribution in [0.4, 0.5) is 4.79 Å². The average Bonchev–Trinajstić information content (AvgIpc) is 3.58. The number of aliphatic hydroxyl groups excluding tert-OH is 2. The second-order valence-electron chi connectivity index (χ2n) is 14.0. The number of hydrogen-bond donors (Lipinski definition) is 5. The van der Waals surface area contributed by atoms with Crippen LogP contribution in [0.25, 0.3) is 0 Å². The Hall–Kier alpha value is -1.68. The lowest BCUT2D eigenvalue weighted by molar-refractivity contribution is -0.242. The van der Waals surface area contributed by atoms with E-state index in [2.05, 4.69) is 29.4 Å². The molecule has 39 heavy (non-hydrogen) atoms. The van der Waals surface area contributed by atoms with E-state index >= 15 is 0 Å². The van der Waals surface area contributed by atoms with Crippen LogP contribution in [-0.2, 0) is 9.53 Å². The van der Waals surface area contributed by atoms with Crippen LogP contribution in [-0.4, -0.2) is 88.9 Å². The largest absolute Gasteiger partial charge is 0.458 e. The number of fused-ring (bicyclic) bond motifs is 5. The van der Waals surface area contributed by atoms with E-state index in [1.165, 1.54) is 0 Å². The number of urea groups is 1. The summed E-state index contributed by atoms with van der Waals surface area (Å²) in [7, 11) is 0. The summed E-state index contributed by atoms with van der Waals surface area (Å²) in [6.07, 6.45) is 8.39. The number of ether oxygens (including phenoxy) is 1. The number of likely N-dealkylation sites (tertiary alicyclic amines) is 1. The highest BCUT2D eigenvalue weighted by Gasteiger charge is 2.70.